The van der Waals surface area contributed by atoms with Crippen LogP contribution in [-0.4, -0.2) is 17.7 Å². The second-order valence-electron chi connectivity index (χ2n) is 6.50. The third-order valence-corrected chi connectivity index (χ3v) is 4.21. The molecule has 0 unspecified atom stereocenters. The molecule has 152 valence electrons. The van der Waals surface area contributed by atoms with Gasteiger partial charge >= 0.3 is 6.61 Å². The van der Waals surface area contributed by atoms with E-state index in [-0.39, 0.29) is 23.7 Å². The normalized spacial score (nSPS) is 10.8. The van der Waals surface area contributed by atoms with Crippen LogP contribution in [0.2, 0.25) is 0 Å². The van der Waals surface area contributed by atoms with Crippen molar-refractivity contribution >= 4 is 11.6 Å². The minimum Gasteiger partial charge on any atom is -0.489 e. The van der Waals surface area contributed by atoms with Crippen molar-refractivity contribution in [2.45, 2.75) is 34.0 Å². The fourth-order valence-corrected chi connectivity index (χ4v) is 2.64. The lowest BCUT2D eigenvalue weighted by Crippen LogP contribution is -2.16. The molecule has 0 fully saturated rings. The molecule has 0 bridgehead atoms. The van der Waals surface area contributed by atoms with E-state index >= 15 is 0 Å². The first-order valence-electron chi connectivity index (χ1n) is 8.85. The lowest BCUT2D eigenvalue weighted by atomic mass is 10.1. The molecule has 0 aliphatic carbocycles. The number of amides is 1. The highest BCUT2D eigenvalue weighted by Gasteiger charge is 2.22. The van der Waals surface area contributed by atoms with Crippen molar-refractivity contribution in [1.29, 1.82) is 0 Å². The highest BCUT2D eigenvalue weighted by atomic mass is 19.3. The first-order valence-corrected chi connectivity index (χ1v) is 8.85. The predicted molar refractivity (Wildman–Crippen MR) is 103 cm³/mol. The number of ether oxygens (including phenoxy) is 2. The molecule has 8 heteroatoms. The van der Waals surface area contributed by atoms with E-state index < -0.39 is 12.5 Å². The molecule has 0 spiro atoms. The Bertz CT molecular complexity index is 1000. The molecular formula is C21H20F2N2O4. The van der Waals surface area contributed by atoms with Crippen LogP contribution < -0.4 is 14.8 Å². The van der Waals surface area contributed by atoms with Gasteiger partial charge in [0, 0.05) is 0 Å². The van der Waals surface area contributed by atoms with E-state index in [1.165, 1.54) is 12.1 Å². The fraction of sp³-hybridized carbons (Fsp3) is 0.238. The number of anilines is 1. The monoisotopic (exact) mass is 402 g/mol. The van der Waals surface area contributed by atoms with Gasteiger partial charge in [0.1, 0.15) is 23.9 Å². The van der Waals surface area contributed by atoms with Gasteiger partial charge in [-0.3, -0.25) is 4.79 Å². The largest absolute Gasteiger partial charge is 0.489 e. The van der Waals surface area contributed by atoms with Gasteiger partial charge in [-0.25, -0.2) is 0 Å². The van der Waals surface area contributed by atoms with Gasteiger partial charge in [0.05, 0.1) is 11.3 Å². The van der Waals surface area contributed by atoms with Gasteiger partial charge in [-0.1, -0.05) is 28.9 Å². The van der Waals surface area contributed by atoms with Crippen molar-refractivity contribution in [3.8, 4) is 11.5 Å². The maximum atomic E-state index is 12.7. The Labute approximate surface area is 166 Å². The molecule has 0 saturated heterocycles. The number of rotatable bonds is 7. The van der Waals surface area contributed by atoms with Gasteiger partial charge in [-0.2, -0.15) is 8.78 Å². The summed E-state index contributed by atoms with van der Waals surface area (Å²) >= 11 is 0. The lowest BCUT2D eigenvalue weighted by molar-refractivity contribution is -0.0494. The second-order valence-corrected chi connectivity index (χ2v) is 6.50. The number of nitrogens with one attached hydrogen (secondary N) is 1. The standard InChI is InChI=1S/C21H20F2N2O4/c1-12-4-7-15(8-5-12)27-11-16-14(3)29-25-19(16)20(26)24-17-9-6-13(2)10-18(17)28-21(22)23/h4-10,21H,11H2,1-3H3,(H,24,26). The summed E-state index contributed by atoms with van der Waals surface area (Å²) in [6.07, 6.45) is 0. The Morgan fingerprint density at radius 2 is 1.79 bits per heavy atom. The zero-order valence-electron chi connectivity index (χ0n) is 16.2. The molecule has 29 heavy (non-hydrogen) atoms. The summed E-state index contributed by atoms with van der Waals surface area (Å²) in [6.45, 7) is 2.41. The van der Waals surface area contributed by atoms with Crippen LogP contribution >= 0.6 is 0 Å². The molecule has 0 aliphatic rings. The smallest absolute Gasteiger partial charge is 0.387 e. The molecule has 0 radical (unpaired) electrons. The zero-order valence-corrected chi connectivity index (χ0v) is 16.2. The first-order chi connectivity index (χ1) is 13.8. The van der Waals surface area contributed by atoms with Crippen molar-refractivity contribution in [3.05, 3.63) is 70.6 Å². The molecule has 0 aliphatic heterocycles. The van der Waals surface area contributed by atoms with Crippen LogP contribution in [0.4, 0.5) is 14.5 Å². The van der Waals surface area contributed by atoms with Crippen LogP contribution in [-0.2, 0) is 6.61 Å². The summed E-state index contributed by atoms with van der Waals surface area (Å²) in [4.78, 5) is 12.7. The van der Waals surface area contributed by atoms with Gasteiger partial charge in [0.15, 0.2) is 5.69 Å². The average Bonchev–Trinajstić information content (AvgIpc) is 3.03. The summed E-state index contributed by atoms with van der Waals surface area (Å²) < 4.78 is 40.7. The Hall–Kier alpha value is -3.42. The van der Waals surface area contributed by atoms with Crippen LogP contribution in [0, 0.1) is 20.8 Å². The molecule has 2 aromatic carbocycles. The summed E-state index contributed by atoms with van der Waals surface area (Å²) in [6, 6.07) is 12.0. The zero-order chi connectivity index (χ0) is 21.0. The van der Waals surface area contributed by atoms with Crippen LogP contribution in [0.5, 0.6) is 11.5 Å². The van der Waals surface area contributed by atoms with Gasteiger partial charge in [-0.15, -0.1) is 0 Å². The summed E-state index contributed by atoms with van der Waals surface area (Å²) in [7, 11) is 0. The maximum Gasteiger partial charge on any atom is 0.387 e. The molecular weight excluding hydrogens is 382 g/mol. The van der Waals surface area contributed by atoms with Gasteiger partial charge in [0.2, 0.25) is 0 Å². The van der Waals surface area contributed by atoms with E-state index in [9.17, 15) is 13.6 Å². The first kappa shape index (κ1) is 20.3. The fourth-order valence-electron chi connectivity index (χ4n) is 2.64. The quantitative estimate of drug-likeness (QED) is 0.600. The minimum absolute atomic E-state index is 0.0122. The van der Waals surface area contributed by atoms with Crippen molar-refractivity contribution < 1.29 is 27.6 Å². The van der Waals surface area contributed by atoms with E-state index in [2.05, 4.69) is 15.2 Å². The van der Waals surface area contributed by atoms with Crippen molar-refractivity contribution in [3.63, 3.8) is 0 Å². The number of alkyl halides is 2. The van der Waals surface area contributed by atoms with Gasteiger partial charge < -0.3 is 19.3 Å². The number of hydrogen-bond donors (Lipinski definition) is 1. The number of benzene rings is 2. The molecule has 0 saturated carbocycles. The predicted octanol–water partition coefficient (Wildman–Crippen LogP) is 5.03. The summed E-state index contributed by atoms with van der Waals surface area (Å²) in [5, 5.41) is 6.33. The SMILES string of the molecule is Cc1ccc(OCc2c(C(=O)Nc3ccc(C)cc3OC(F)F)noc2C)cc1. The molecule has 1 amide bonds. The Balaban J connectivity index is 1.78. The minimum atomic E-state index is -3.01. The number of nitrogens with zero attached hydrogens (tertiary/aromatic N) is 1. The van der Waals surface area contributed by atoms with E-state index in [0.29, 0.717) is 22.6 Å². The number of hydrogen-bond acceptors (Lipinski definition) is 5. The third kappa shape index (κ3) is 5.10. The van der Waals surface area contributed by atoms with Crippen molar-refractivity contribution in [1.82, 2.24) is 5.16 Å². The molecule has 3 rings (SSSR count). The van der Waals surface area contributed by atoms with E-state index in [0.717, 1.165) is 5.56 Å². The molecule has 1 heterocycles. The number of carbonyl (C=O) groups excluding carboxylic acids is 1. The highest BCUT2D eigenvalue weighted by Crippen LogP contribution is 2.28. The van der Waals surface area contributed by atoms with Crippen LogP contribution in [0.15, 0.2) is 47.0 Å². The van der Waals surface area contributed by atoms with Crippen LogP contribution in [0.25, 0.3) is 0 Å². The maximum absolute atomic E-state index is 12.7. The second kappa shape index (κ2) is 8.72. The van der Waals surface area contributed by atoms with Gasteiger partial charge in [-0.05, 0) is 50.6 Å². The van der Waals surface area contributed by atoms with E-state index in [1.807, 2.05) is 31.2 Å². The number of aromatic nitrogens is 1. The molecule has 1 aromatic heterocycles. The molecule has 3 aromatic rings. The van der Waals surface area contributed by atoms with E-state index in [4.69, 9.17) is 9.26 Å². The third-order valence-electron chi connectivity index (χ3n) is 4.21. The number of halogens is 2. The number of carbonyl (C=O) groups is 1. The van der Waals surface area contributed by atoms with Crippen LogP contribution in [0.1, 0.15) is 32.9 Å². The Kier molecular flexibility index (Phi) is 6.11. The Morgan fingerprint density at radius 1 is 1.10 bits per heavy atom. The molecule has 0 atom stereocenters. The van der Waals surface area contributed by atoms with Crippen molar-refractivity contribution in [2.24, 2.45) is 0 Å². The van der Waals surface area contributed by atoms with Gasteiger partial charge in [0.25, 0.3) is 5.91 Å². The molecule has 6 nitrogen and oxygen atoms in total. The topological polar surface area (TPSA) is 73.6 Å². The number of aryl methyl sites for hydroxylation is 3. The molecule has 1 N–H and O–H groups in total. The average molecular weight is 402 g/mol. The Morgan fingerprint density at radius 3 is 2.48 bits per heavy atom. The van der Waals surface area contributed by atoms with Crippen LogP contribution in [0.3, 0.4) is 0 Å². The summed E-state index contributed by atoms with van der Waals surface area (Å²) in [5.41, 5.74) is 2.39. The van der Waals surface area contributed by atoms with E-state index in [1.54, 1.807) is 19.9 Å². The summed E-state index contributed by atoms with van der Waals surface area (Å²) in [5.74, 6) is 0.308. The van der Waals surface area contributed by atoms with Crippen molar-refractivity contribution in [2.75, 3.05) is 5.32 Å². The lowest BCUT2D eigenvalue weighted by Gasteiger charge is -2.12. The highest BCUT2D eigenvalue weighted by molar-refractivity contribution is 6.04.